The number of anilines is 2. The molecule has 0 radical (unpaired) electrons. The average molecular weight is 613 g/mol. The van der Waals surface area contributed by atoms with E-state index < -0.39 is 30.0 Å². The lowest BCUT2D eigenvalue weighted by Gasteiger charge is -2.47. The number of aryl methyl sites for hydroxylation is 1. The maximum absolute atomic E-state index is 13.5. The number of carbonyl (C=O) groups excluding carboxylic acids is 3. The van der Waals surface area contributed by atoms with Gasteiger partial charge in [-0.15, -0.1) is 0 Å². The van der Waals surface area contributed by atoms with Gasteiger partial charge in [0.25, 0.3) is 5.91 Å². The molecule has 2 saturated heterocycles. The van der Waals surface area contributed by atoms with Crippen LogP contribution in [0.2, 0.25) is 0 Å². The third kappa shape index (κ3) is 5.42. The minimum absolute atomic E-state index is 0.0641. The number of fused-ring (bicyclic) bond motifs is 1. The lowest BCUT2D eigenvalue weighted by Crippen LogP contribution is -2.66. The van der Waals surface area contributed by atoms with Crippen molar-refractivity contribution in [3.8, 4) is 11.3 Å². The van der Waals surface area contributed by atoms with Crippen LogP contribution in [-0.4, -0.2) is 97.1 Å². The topological polar surface area (TPSA) is 176 Å². The van der Waals surface area contributed by atoms with Crippen molar-refractivity contribution in [2.75, 3.05) is 38.0 Å². The molecule has 4 aromatic rings. The fourth-order valence-electron chi connectivity index (χ4n) is 5.35. The number of hydrogen-bond donors (Lipinski definition) is 4. The number of alkyl halides is 3. The number of aromatic nitrogens is 5. The Balaban J connectivity index is 1.20. The molecule has 0 spiro atoms. The molecule has 1 atom stereocenters. The molecular weight excluding hydrogens is 585 g/mol. The van der Waals surface area contributed by atoms with E-state index in [0.29, 0.717) is 43.0 Å². The summed E-state index contributed by atoms with van der Waals surface area (Å²) in [7, 11) is 0. The summed E-state index contributed by atoms with van der Waals surface area (Å²) in [6, 6.07) is 5.17. The summed E-state index contributed by atoms with van der Waals surface area (Å²) >= 11 is 0. The van der Waals surface area contributed by atoms with E-state index in [0.717, 1.165) is 6.20 Å². The highest BCUT2D eigenvalue weighted by Gasteiger charge is 2.39. The summed E-state index contributed by atoms with van der Waals surface area (Å²) in [5, 5.41) is 11.8. The highest BCUT2D eigenvalue weighted by molar-refractivity contribution is 6.31. The summed E-state index contributed by atoms with van der Waals surface area (Å²) in [6.45, 7) is 4.06. The van der Waals surface area contributed by atoms with Gasteiger partial charge in [-0.1, -0.05) is 0 Å². The Labute approximate surface area is 247 Å². The molecule has 2 aliphatic rings. The first-order valence-corrected chi connectivity index (χ1v) is 13.6. The number of halogens is 3. The number of hydrogen-bond acceptors (Lipinski definition) is 10. The zero-order valence-electron chi connectivity index (χ0n) is 23.3. The number of nitrogens with zero attached hydrogens (tertiary/aromatic N) is 6. The van der Waals surface area contributed by atoms with Crippen LogP contribution in [0.5, 0.6) is 0 Å². The summed E-state index contributed by atoms with van der Waals surface area (Å²) in [6.07, 6.45) is -0.117. The van der Waals surface area contributed by atoms with Gasteiger partial charge in [-0.2, -0.15) is 18.3 Å². The van der Waals surface area contributed by atoms with E-state index in [1.54, 1.807) is 30.0 Å². The van der Waals surface area contributed by atoms with Crippen molar-refractivity contribution in [1.82, 2.24) is 39.7 Å². The van der Waals surface area contributed by atoms with E-state index in [2.05, 4.69) is 25.7 Å². The van der Waals surface area contributed by atoms with Crippen LogP contribution in [0.1, 0.15) is 21.6 Å². The van der Waals surface area contributed by atoms with Gasteiger partial charge < -0.3 is 26.0 Å². The molecule has 0 aliphatic carbocycles. The highest BCUT2D eigenvalue weighted by atomic mass is 19.4. The Morgan fingerprint density at radius 2 is 1.93 bits per heavy atom. The van der Waals surface area contributed by atoms with E-state index in [4.69, 9.17) is 10.5 Å². The van der Waals surface area contributed by atoms with Crippen LogP contribution in [0.3, 0.4) is 0 Å². The number of H-pyrrole nitrogens is 1. The first kappa shape index (κ1) is 29.1. The lowest BCUT2D eigenvalue weighted by atomic mass is 10.0. The van der Waals surface area contributed by atoms with Crippen molar-refractivity contribution in [1.29, 1.82) is 0 Å². The van der Waals surface area contributed by atoms with Crippen LogP contribution in [0.4, 0.5) is 24.7 Å². The predicted molar refractivity (Wildman–Crippen MR) is 148 cm³/mol. The number of esters is 1. The monoisotopic (exact) mass is 612 g/mol. The van der Waals surface area contributed by atoms with Gasteiger partial charge in [-0.25, -0.2) is 14.8 Å². The van der Waals surface area contributed by atoms with E-state index in [1.807, 2.05) is 10.00 Å². The van der Waals surface area contributed by atoms with Crippen LogP contribution in [-0.2, 0) is 20.5 Å². The molecule has 2 fully saturated rings. The van der Waals surface area contributed by atoms with Gasteiger partial charge >= 0.3 is 18.1 Å². The number of imidazole rings is 1. The number of amides is 2. The second-order valence-corrected chi connectivity index (χ2v) is 10.4. The van der Waals surface area contributed by atoms with E-state index in [1.165, 1.54) is 23.0 Å². The van der Waals surface area contributed by atoms with Gasteiger partial charge in [0, 0.05) is 55.9 Å². The zero-order chi connectivity index (χ0) is 31.2. The number of carbonyl (C=O) groups is 3. The SMILES string of the molecule is Cc1cc(Nc2nccn3c(-c4cn[nH]c4C(F)(F)F)cnc23)ccc1C(=O)N1CCN(C2CNC2)C(OC(=O)C(N)=O)C1. The van der Waals surface area contributed by atoms with Crippen LogP contribution >= 0.6 is 0 Å². The van der Waals surface area contributed by atoms with Gasteiger partial charge in [0.1, 0.15) is 5.69 Å². The third-order valence-electron chi connectivity index (χ3n) is 7.68. The number of aromatic amines is 1. The number of nitrogens with two attached hydrogens (primary N) is 1. The number of primary amides is 1. The number of ether oxygens (including phenoxy) is 1. The number of piperazine rings is 1. The Kier molecular flexibility index (Phi) is 7.42. The van der Waals surface area contributed by atoms with Crippen molar-refractivity contribution in [2.45, 2.75) is 25.4 Å². The van der Waals surface area contributed by atoms with Gasteiger partial charge in [0.15, 0.2) is 17.7 Å². The summed E-state index contributed by atoms with van der Waals surface area (Å²) < 4.78 is 47.2. The average Bonchev–Trinajstić information content (AvgIpc) is 3.60. The Morgan fingerprint density at radius 3 is 2.61 bits per heavy atom. The van der Waals surface area contributed by atoms with Crippen LogP contribution < -0.4 is 16.4 Å². The van der Waals surface area contributed by atoms with Gasteiger partial charge in [-0.3, -0.25) is 24.0 Å². The molecule has 230 valence electrons. The second-order valence-electron chi connectivity index (χ2n) is 10.4. The minimum atomic E-state index is -4.63. The maximum atomic E-state index is 13.5. The third-order valence-corrected chi connectivity index (χ3v) is 7.68. The molecule has 17 heteroatoms. The Bertz CT molecular complexity index is 1750. The van der Waals surface area contributed by atoms with Crippen molar-refractivity contribution in [3.05, 3.63) is 59.8 Å². The zero-order valence-corrected chi connectivity index (χ0v) is 23.3. The predicted octanol–water partition coefficient (Wildman–Crippen LogP) is 1.27. The van der Waals surface area contributed by atoms with Crippen molar-refractivity contribution in [3.63, 3.8) is 0 Å². The molecule has 5 N–H and O–H groups in total. The molecule has 2 aliphatic heterocycles. The minimum Gasteiger partial charge on any atom is -0.437 e. The van der Waals surface area contributed by atoms with E-state index in [9.17, 15) is 27.6 Å². The van der Waals surface area contributed by atoms with Crippen LogP contribution in [0.15, 0.2) is 43.0 Å². The normalized spacial score (nSPS) is 17.8. The molecule has 14 nitrogen and oxygen atoms in total. The molecule has 1 unspecified atom stereocenters. The van der Waals surface area contributed by atoms with E-state index >= 15 is 0 Å². The first-order chi connectivity index (χ1) is 21.0. The fourth-order valence-corrected chi connectivity index (χ4v) is 5.35. The van der Waals surface area contributed by atoms with Crippen LogP contribution in [0.25, 0.3) is 16.9 Å². The standard InChI is InChI=1S/C27H27F3N10O4/c1-14-8-15(36-23-24-34-12-19(40(24)5-4-33-23)18-11-35-37-21(18)27(28,29)30)2-3-17(14)25(42)38-6-7-39(16-9-32-10-16)20(13-38)44-26(43)22(31)41/h2-5,8,11-12,16,20,32H,6-7,9-10,13H2,1H3,(H2,31,41)(H,33,36)(H,35,37). The largest absolute Gasteiger partial charge is 0.437 e. The molecule has 1 aromatic carbocycles. The fraction of sp³-hybridized carbons (Fsp3) is 0.333. The highest BCUT2D eigenvalue weighted by Crippen LogP contribution is 2.36. The van der Waals surface area contributed by atoms with E-state index in [-0.39, 0.29) is 41.2 Å². The first-order valence-electron chi connectivity index (χ1n) is 13.6. The lowest BCUT2D eigenvalue weighted by molar-refractivity contribution is -0.173. The number of benzene rings is 1. The van der Waals surface area contributed by atoms with Crippen molar-refractivity contribution in [2.24, 2.45) is 5.73 Å². The summed E-state index contributed by atoms with van der Waals surface area (Å²) in [5.41, 5.74) is 6.03. The molecule has 0 bridgehead atoms. The maximum Gasteiger partial charge on any atom is 0.433 e. The number of nitrogens with one attached hydrogen (secondary N) is 3. The molecule has 5 heterocycles. The number of rotatable bonds is 6. The summed E-state index contributed by atoms with van der Waals surface area (Å²) in [5.74, 6) is -2.36. The molecule has 0 saturated carbocycles. The quantitative estimate of drug-likeness (QED) is 0.183. The smallest absolute Gasteiger partial charge is 0.433 e. The molecule has 2 amide bonds. The second kappa shape index (κ2) is 11.2. The molecule has 6 rings (SSSR count). The molecule has 3 aromatic heterocycles. The molecular formula is C27H27F3N10O4. The van der Waals surface area contributed by atoms with Crippen molar-refractivity contribution < 1.29 is 32.3 Å². The van der Waals surface area contributed by atoms with Crippen LogP contribution in [0, 0.1) is 6.92 Å². The van der Waals surface area contributed by atoms with Gasteiger partial charge in [0.2, 0.25) is 0 Å². The van der Waals surface area contributed by atoms with Gasteiger partial charge in [-0.05, 0) is 30.7 Å². The summed E-state index contributed by atoms with van der Waals surface area (Å²) in [4.78, 5) is 48.9. The molecule has 44 heavy (non-hydrogen) atoms. The van der Waals surface area contributed by atoms with Crippen molar-refractivity contribution >= 4 is 34.9 Å². The Hall–Kier alpha value is -5.03. The van der Waals surface area contributed by atoms with Gasteiger partial charge in [0.05, 0.1) is 30.2 Å². The Morgan fingerprint density at radius 1 is 1.14 bits per heavy atom.